The van der Waals surface area contributed by atoms with Crippen LogP contribution < -0.4 is 10.2 Å². The molecule has 25 heavy (non-hydrogen) atoms. The van der Waals surface area contributed by atoms with Crippen LogP contribution in [0.1, 0.15) is 19.3 Å². The molecule has 0 radical (unpaired) electrons. The van der Waals surface area contributed by atoms with Gasteiger partial charge < -0.3 is 19.7 Å². The van der Waals surface area contributed by atoms with Crippen LogP contribution in [0.25, 0.3) is 0 Å². The Morgan fingerprint density at radius 3 is 2.84 bits per heavy atom. The minimum absolute atomic E-state index is 0.0736. The minimum Gasteiger partial charge on any atom is -0.447 e. The van der Waals surface area contributed by atoms with E-state index < -0.39 is 0 Å². The molecule has 3 fully saturated rings. The SMILES string of the molecule is O=C1OCCN1c1cccc(NC(=O)N(C[C@H]2CCOC2)C2CC2)c1. The highest BCUT2D eigenvalue weighted by atomic mass is 16.6. The molecule has 1 aliphatic carbocycles. The van der Waals surface area contributed by atoms with E-state index in [1.54, 1.807) is 4.90 Å². The smallest absolute Gasteiger partial charge is 0.414 e. The maximum Gasteiger partial charge on any atom is 0.414 e. The van der Waals surface area contributed by atoms with E-state index in [1.807, 2.05) is 29.2 Å². The summed E-state index contributed by atoms with van der Waals surface area (Å²) in [7, 11) is 0. The number of benzene rings is 1. The predicted molar refractivity (Wildman–Crippen MR) is 92.8 cm³/mol. The fourth-order valence-corrected chi connectivity index (χ4v) is 3.36. The van der Waals surface area contributed by atoms with Crippen LogP contribution in [0.2, 0.25) is 0 Å². The highest BCUT2D eigenvalue weighted by Gasteiger charge is 2.35. The van der Waals surface area contributed by atoms with Crippen molar-refractivity contribution in [2.45, 2.75) is 25.3 Å². The molecule has 2 aliphatic heterocycles. The van der Waals surface area contributed by atoms with Gasteiger partial charge in [-0.3, -0.25) is 4.90 Å². The highest BCUT2D eigenvalue weighted by molar-refractivity contribution is 5.93. The van der Waals surface area contributed by atoms with Gasteiger partial charge in [-0.1, -0.05) is 6.07 Å². The lowest BCUT2D eigenvalue weighted by atomic mass is 10.1. The summed E-state index contributed by atoms with van der Waals surface area (Å²) < 4.78 is 10.4. The third-order valence-corrected chi connectivity index (χ3v) is 4.90. The number of carbonyl (C=O) groups excluding carboxylic acids is 2. The number of hydrogen-bond donors (Lipinski definition) is 1. The van der Waals surface area contributed by atoms with E-state index in [-0.39, 0.29) is 12.1 Å². The Morgan fingerprint density at radius 1 is 1.28 bits per heavy atom. The Bertz CT molecular complexity index is 655. The Balaban J connectivity index is 1.43. The average Bonchev–Trinajstić information content (AvgIpc) is 3.13. The van der Waals surface area contributed by atoms with Gasteiger partial charge in [0, 0.05) is 36.5 Å². The van der Waals surface area contributed by atoms with Gasteiger partial charge in [-0.2, -0.15) is 0 Å². The molecule has 134 valence electrons. The van der Waals surface area contributed by atoms with Crippen LogP contribution in [0.5, 0.6) is 0 Å². The fourth-order valence-electron chi connectivity index (χ4n) is 3.36. The molecule has 2 heterocycles. The Kier molecular flexibility index (Phi) is 4.48. The van der Waals surface area contributed by atoms with Gasteiger partial charge >= 0.3 is 12.1 Å². The molecule has 0 bridgehead atoms. The lowest BCUT2D eigenvalue weighted by molar-refractivity contribution is 0.167. The van der Waals surface area contributed by atoms with Crippen LogP contribution in [-0.4, -0.2) is 56.0 Å². The van der Waals surface area contributed by atoms with Crippen molar-refractivity contribution in [3.63, 3.8) is 0 Å². The third-order valence-electron chi connectivity index (χ3n) is 4.90. The molecular weight excluding hydrogens is 322 g/mol. The van der Waals surface area contributed by atoms with E-state index in [4.69, 9.17) is 9.47 Å². The largest absolute Gasteiger partial charge is 0.447 e. The molecule has 1 atom stereocenters. The molecule has 7 heteroatoms. The quantitative estimate of drug-likeness (QED) is 0.891. The number of hydrogen-bond acceptors (Lipinski definition) is 4. The fraction of sp³-hybridized carbons (Fsp3) is 0.556. The van der Waals surface area contributed by atoms with Gasteiger partial charge in [0.25, 0.3) is 0 Å². The normalized spacial score (nSPS) is 22.8. The lowest BCUT2D eigenvalue weighted by Gasteiger charge is -2.25. The number of nitrogens with zero attached hydrogens (tertiary/aromatic N) is 2. The molecule has 3 amide bonds. The number of rotatable bonds is 5. The molecule has 1 aromatic carbocycles. The van der Waals surface area contributed by atoms with Crippen LogP contribution in [0.4, 0.5) is 21.0 Å². The molecule has 7 nitrogen and oxygen atoms in total. The zero-order valence-electron chi connectivity index (χ0n) is 14.1. The summed E-state index contributed by atoms with van der Waals surface area (Å²) in [6, 6.07) is 7.60. The van der Waals surface area contributed by atoms with E-state index in [0.717, 1.165) is 44.7 Å². The summed E-state index contributed by atoms with van der Waals surface area (Å²) >= 11 is 0. The maximum atomic E-state index is 12.7. The lowest BCUT2D eigenvalue weighted by Crippen LogP contribution is -2.40. The highest BCUT2D eigenvalue weighted by Crippen LogP contribution is 2.30. The average molecular weight is 345 g/mol. The van der Waals surface area contributed by atoms with Crippen molar-refractivity contribution in [3.05, 3.63) is 24.3 Å². The zero-order chi connectivity index (χ0) is 17.2. The van der Waals surface area contributed by atoms with Crippen LogP contribution in [0.3, 0.4) is 0 Å². The van der Waals surface area contributed by atoms with Gasteiger partial charge in [0.1, 0.15) is 6.61 Å². The van der Waals surface area contributed by atoms with Crippen LogP contribution in [0, 0.1) is 5.92 Å². The summed E-state index contributed by atoms with van der Waals surface area (Å²) in [5.41, 5.74) is 1.43. The first-order valence-corrected chi connectivity index (χ1v) is 8.90. The summed E-state index contributed by atoms with van der Waals surface area (Å²) in [6.07, 6.45) is 2.81. The Morgan fingerprint density at radius 2 is 2.16 bits per heavy atom. The first-order chi connectivity index (χ1) is 12.2. The molecule has 1 N–H and O–H groups in total. The van der Waals surface area contributed by atoms with Crippen molar-refractivity contribution in [2.24, 2.45) is 5.92 Å². The maximum absolute atomic E-state index is 12.7. The summed E-state index contributed by atoms with van der Waals surface area (Å²) in [4.78, 5) is 28.0. The number of carbonyl (C=O) groups is 2. The molecule has 0 spiro atoms. The predicted octanol–water partition coefficient (Wildman–Crippen LogP) is 2.68. The monoisotopic (exact) mass is 345 g/mol. The van der Waals surface area contributed by atoms with Gasteiger partial charge in [-0.25, -0.2) is 9.59 Å². The molecule has 1 aromatic rings. The minimum atomic E-state index is -0.343. The van der Waals surface area contributed by atoms with Gasteiger partial charge in [-0.05, 0) is 37.5 Å². The summed E-state index contributed by atoms with van der Waals surface area (Å²) in [5.74, 6) is 0.428. The second-order valence-corrected chi connectivity index (χ2v) is 6.86. The van der Waals surface area contributed by atoms with E-state index in [1.165, 1.54) is 0 Å². The topological polar surface area (TPSA) is 71.1 Å². The van der Waals surface area contributed by atoms with E-state index in [0.29, 0.717) is 30.8 Å². The van der Waals surface area contributed by atoms with Crippen molar-refractivity contribution >= 4 is 23.5 Å². The van der Waals surface area contributed by atoms with Crippen LogP contribution in [-0.2, 0) is 9.47 Å². The first-order valence-electron chi connectivity index (χ1n) is 8.90. The van der Waals surface area contributed by atoms with E-state index >= 15 is 0 Å². The molecule has 3 aliphatic rings. The van der Waals surface area contributed by atoms with Gasteiger partial charge in [-0.15, -0.1) is 0 Å². The van der Waals surface area contributed by atoms with Crippen molar-refractivity contribution in [3.8, 4) is 0 Å². The number of anilines is 2. The number of amides is 3. The molecule has 2 saturated heterocycles. The van der Waals surface area contributed by atoms with Crippen molar-refractivity contribution in [1.82, 2.24) is 4.90 Å². The standard InChI is InChI=1S/C18H23N3O4/c22-17(21(15-4-5-15)11-13-6-8-24-12-13)19-14-2-1-3-16(10-14)20-7-9-25-18(20)23/h1-3,10,13,15H,4-9,11-12H2,(H,19,22)/t13-/m1/s1. The second kappa shape index (κ2) is 6.92. The number of urea groups is 1. The van der Waals surface area contributed by atoms with Gasteiger partial charge in [0.15, 0.2) is 0 Å². The number of nitrogens with one attached hydrogen (secondary N) is 1. The van der Waals surface area contributed by atoms with Gasteiger partial charge in [0.05, 0.1) is 13.2 Å². The van der Waals surface area contributed by atoms with E-state index in [2.05, 4.69) is 5.32 Å². The zero-order valence-corrected chi connectivity index (χ0v) is 14.1. The van der Waals surface area contributed by atoms with Crippen molar-refractivity contribution in [1.29, 1.82) is 0 Å². The summed E-state index contributed by atoms with van der Waals surface area (Å²) in [6.45, 7) is 3.21. The molecule has 0 unspecified atom stereocenters. The first kappa shape index (κ1) is 16.2. The molecular formula is C18H23N3O4. The number of ether oxygens (including phenoxy) is 2. The molecule has 1 saturated carbocycles. The Labute approximate surface area is 146 Å². The van der Waals surface area contributed by atoms with Crippen molar-refractivity contribution < 1.29 is 19.1 Å². The molecule has 4 rings (SSSR count). The van der Waals surface area contributed by atoms with Crippen molar-refractivity contribution in [2.75, 3.05) is 43.1 Å². The third kappa shape index (κ3) is 3.71. The summed E-state index contributed by atoms with van der Waals surface area (Å²) in [5, 5.41) is 2.98. The van der Waals surface area contributed by atoms with Crippen LogP contribution in [0.15, 0.2) is 24.3 Å². The second-order valence-electron chi connectivity index (χ2n) is 6.86. The molecule has 0 aromatic heterocycles. The van der Waals surface area contributed by atoms with Gasteiger partial charge in [0.2, 0.25) is 0 Å². The Hall–Kier alpha value is -2.28. The van der Waals surface area contributed by atoms with E-state index in [9.17, 15) is 9.59 Å². The van der Waals surface area contributed by atoms with Crippen LogP contribution >= 0.6 is 0 Å². The number of cyclic esters (lactones) is 1.